The smallest absolute Gasteiger partial charge is 0.224 e. The number of ether oxygens (including phenoxy) is 1. The summed E-state index contributed by atoms with van der Waals surface area (Å²) in [6.07, 6.45) is 1.28. The van der Waals surface area contributed by atoms with Gasteiger partial charge in [0, 0.05) is 25.7 Å². The van der Waals surface area contributed by atoms with E-state index in [4.69, 9.17) is 4.74 Å². The molecule has 1 amide bonds. The molecule has 0 unspecified atom stereocenters. The standard InChI is InChI=1S/C21H26N4O2.HI/c1-15-4-3-5-16(12-15)14-24-21(22-2)23-10-11-27-18-7-8-19-17(13-18)6-9-20(26)25-19;/h3-5,7-8,12-13H,6,9-11,14H2,1-2H3,(H,25,26)(H2,22,23,24);1H. The van der Waals surface area contributed by atoms with Crippen LogP contribution < -0.4 is 20.7 Å². The zero-order chi connectivity index (χ0) is 19.1. The number of rotatable bonds is 6. The molecule has 0 saturated carbocycles. The molecule has 0 saturated heterocycles. The Bertz CT molecular complexity index is 839. The van der Waals surface area contributed by atoms with E-state index in [0.29, 0.717) is 19.6 Å². The van der Waals surface area contributed by atoms with Crippen molar-refractivity contribution in [2.45, 2.75) is 26.3 Å². The second-order valence-corrected chi connectivity index (χ2v) is 6.56. The molecule has 0 radical (unpaired) electrons. The van der Waals surface area contributed by atoms with E-state index >= 15 is 0 Å². The molecule has 6 nitrogen and oxygen atoms in total. The number of fused-ring (bicyclic) bond motifs is 1. The van der Waals surface area contributed by atoms with Crippen molar-refractivity contribution in [1.29, 1.82) is 0 Å². The molecule has 2 aromatic rings. The first-order valence-electron chi connectivity index (χ1n) is 9.19. The Morgan fingerprint density at radius 3 is 2.82 bits per heavy atom. The van der Waals surface area contributed by atoms with Crippen molar-refractivity contribution in [3.05, 3.63) is 59.2 Å². The Kier molecular flexibility index (Phi) is 8.56. The van der Waals surface area contributed by atoms with Gasteiger partial charge in [0.05, 0.1) is 6.54 Å². The van der Waals surface area contributed by atoms with E-state index in [0.717, 1.165) is 35.9 Å². The Morgan fingerprint density at radius 1 is 1.18 bits per heavy atom. The minimum Gasteiger partial charge on any atom is -0.492 e. The predicted molar refractivity (Wildman–Crippen MR) is 124 cm³/mol. The number of guanidine groups is 1. The van der Waals surface area contributed by atoms with E-state index < -0.39 is 0 Å². The molecule has 1 aliphatic rings. The molecule has 0 aromatic heterocycles. The SMILES string of the molecule is CN=C(NCCOc1ccc2c(c1)CCC(=O)N2)NCc1cccc(C)c1.I. The van der Waals surface area contributed by atoms with Crippen molar-refractivity contribution in [3.8, 4) is 5.75 Å². The fraction of sp³-hybridized carbons (Fsp3) is 0.333. The van der Waals surface area contributed by atoms with Crippen molar-refractivity contribution in [2.75, 3.05) is 25.5 Å². The monoisotopic (exact) mass is 494 g/mol. The lowest BCUT2D eigenvalue weighted by Crippen LogP contribution is -2.38. The van der Waals surface area contributed by atoms with E-state index in [1.807, 2.05) is 18.2 Å². The van der Waals surface area contributed by atoms with Gasteiger partial charge < -0.3 is 20.7 Å². The van der Waals surface area contributed by atoms with Crippen molar-refractivity contribution in [1.82, 2.24) is 10.6 Å². The van der Waals surface area contributed by atoms with Gasteiger partial charge in [-0.25, -0.2) is 0 Å². The van der Waals surface area contributed by atoms with E-state index in [9.17, 15) is 4.79 Å². The van der Waals surface area contributed by atoms with Crippen LogP contribution in [-0.4, -0.2) is 32.1 Å². The highest BCUT2D eigenvalue weighted by atomic mass is 127. The molecule has 3 rings (SSSR count). The summed E-state index contributed by atoms with van der Waals surface area (Å²) >= 11 is 0. The molecule has 1 heterocycles. The van der Waals surface area contributed by atoms with Gasteiger partial charge in [-0.3, -0.25) is 9.79 Å². The number of halogens is 1. The summed E-state index contributed by atoms with van der Waals surface area (Å²) in [6.45, 7) is 3.97. The number of nitrogens with one attached hydrogen (secondary N) is 3. The van der Waals surface area contributed by atoms with Crippen LogP contribution in [0.4, 0.5) is 5.69 Å². The maximum atomic E-state index is 11.4. The molecule has 0 aliphatic carbocycles. The highest BCUT2D eigenvalue weighted by molar-refractivity contribution is 14.0. The lowest BCUT2D eigenvalue weighted by Gasteiger charge is -2.18. The maximum absolute atomic E-state index is 11.4. The summed E-state index contributed by atoms with van der Waals surface area (Å²) < 4.78 is 5.81. The van der Waals surface area contributed by atoms with Crippen LogP contribution >= 0.6 is 24.0 Å². The molecule has 3 N–H and O–H groups in total. The van der Waals surface area contributed by atoms with Crippen LogP contribution in [0.15, 0.2) is 47.5 Å². The summed E-state index contributed by atoms with van der Waals surface area (Å²) in [5.41, 5.74) is 4.47. The van der Waals surface area contributed by atoms with E-state index in [1.54, 1.807) is 7.05 Å². The highest BCUT2D eigenvalue weighted by Crippen LogP contribution is 2.26. The number of carbonyl (C=O) groups excluding carboxylic acids is 1. The number of hydrogen-bond donors (Lipinski definition) is 3. The normalized spacial score (nSPS) is 13.1. The van der Waals surface area contributed by atoms with Gasteiger partial charge in [-0.2, -0.15) is 0 Å². The minimum atomic E-state index is 0. The van der Waals surface area contributed by atoms with Gasteiger partial charge in [-0.15, -0.1) is 24.0 Å². The van der Waals surface area contributed by atoms with Crippen LogP contribution in [0.3, 0.4) is 0 Å². The molecule has 7 heteroatoms. The zero-order valence-electron chi connectivity index (χ0n) is 16.2. The Hall–Kier alpha value is -2.29. The molecule has 150 valence electrons. The average Bonchev–Trinajstić information content (AvgIpc) is 2.67. The predicted octanol–water partition coefficient (Wildman–Crippen LogP) is 3.24. The fourth-order valence-corrected chi connectivity index (χ4v) is 3.02. The Labute approximate surface area is 183 Å². The van der Waals surface area contributed by atoms with Crippen LogP contribution in [0.1, 0.15) is 23.1 Å². The topological polar surface area (TPSA) is 74.8 Å². The van der Waals surface area contributed by atoms with Crippen LogP contribution in [0.5, 0.6) is 5.75 Å². The molecule has 28 heavy (non-hydrogen) atoms. The van der Waals surface area contributed by atoms with Crippen LogP contribution in [0, 0.1) is 6.92 Å². The van der Waals surface area contributed by atoms with Crippen molar-refractivity contribution in [3.63, 3.8) is 0 Å². The van der Waals surface area contributed by atoms with Gasteiger partial charge in [0.1, 0.15) is 12.4 Å². The average molecular weight is 494 g/mol. The molecule has 2 aromatic carbocycles. The Morgan fingerprint density at radius 2 is 2.04 bits per heavy atom. The molecular formula is C21H27IN4O2. The Balaban J connectivity index is 0.00000280. The van der Waals surface area contributed by atoms with Gasteiger partial charge in [0.25, 0.3) is 0 Å². The zero-order valence-corrected chi connectivity index (χ0v) is 18.6. The number of benzene rings is 2. The number of nitrogens with zero attached hydrogens (tertiary/aromatic N) is 1. The molecule has 1 aliphatic heterocycles. The minimum absolute atomic E-state index is 0. The molecule has 0 spiro atoms. The highest BCUT2D eigenvalue weighted by Gasteiger charge is 2.14. The second kappa shape index (κ2) is 10.9. The molecular weight excluding hydrogens is 467 g/mol. The van der Waals surface area contributed by atoms with Crippen molar-refractivity contribution in [2.24, 2.45) is 4.99 Å². The third-order valence-corrected chi connectivity index (χ3v) is 4.40. The lowest BCUT2D eigenvalue weighted by molar-refractivity contribution is -0.116. The first-order valence-corrected chi connectivity index (χ1v) is 9.19. The van der Waals surface area contributed by atoms with Gasteiger partial charge in [0.15, 0.2) is 5.96 Å². The first-order chi connectivity index (χ1) is 13.1. The number of aliphatic imine (C=N–C) groups is 1. The summed E-state index contributed by atoms with van der Waals surface area (Å²) in [5.74, 6) is 1.63. The van der Waals surface area contributed by atoms with Gasteiger partial charge >= 0.3 is 0 Å². The largest absolute Gasteiger partial charge is 0.492 e. The quantitative estimate of drug-likeness (QED) is 0.250. The molecule has 0 bridgehead atoms. The van der Waals surface area contributed by atoms with Crippen LogP contribution in [0.25, 0.3) is 0 Å². The third kappa shape index (κ3) is 6.40. The number of hydrogen-bond acceptors (Lipinski definition) is 3. The molecule has 0 fully saturated rings. The van der Waals surface area contributed by atoms with E-state index in [2.05, 4.69) is 52.1 Å². The molecule has 0 atom stereocenters. The lowest BCUT2D eigenvalue weighted by atomic mass is 10.0. The van der Waals surface area contributed by atoms with E-state index in [-0.39, 0.29) is 29.9 Å². The summed E-state index contributed by atoms with van der Waals surface area (Å²) in [7, 11) is 1.75. The van der Waals surface area contributed by atoms with Gasteiger partial charge in [-0.05, 0) is 42.7 Å². The van der Waals surface area contributed by atoms with Crippen LogP contribution in [0.2, 0.25) is 0 Å². The summed E-state index contributed by atoms with van der Waals surface area (Å²) in [4.78, 5) is 15.6. The van der Waals surface area contributed by atoms with Crippen molar-refractivity contribution >= 4 is 41.5 Å². The first kappa shape index (κ1) is 22.0. The van der Waals surface area contributed by atoms with Gasteiger partial charge in [-0.1, -0.05) is 29.8 Å². The number of carbonyl (C=O) groups is 1. The fourth-order valence-electron chi connectivity index (χ4n) is 3.02. The number of aryl methyl sites for hydroxylation is 2. The third-order valence-electron chi connectivity index (χ3n) is 4.40. The van der Waals surface area contributed by atoms with Gasteiger partial charge in [0.2, 0.25) is 5.91 Å². The van der Waals surface area contributed by atoms with E-state index in [1.165, 1.54) is 11.1 Å². The second-order valence-electron chi connectivity index (χ2n) is 6.56. The summed E-state index contributed by atoms with van der Waals surface area (Å²) in [6, 6.07) is 14.2. The van der Waals surface area contributed by atoms with Crippen molar-refractivity contribution < 1.29 is 9.53 Å². The maximum Gasteiger partial charge on any atom is 0.224 e. The number of anilines is 1. The van der Waals surface area contributed by atoms with Crippen LogP contribution in [-0.2, 0) is 17.8 Å². The number of amides is 1. The summed E-state index contributed by atoms with van der Waals surface area (Å²) in [5, 5.41) is 9.43.